The number of fused-ring (bicyclic) bond motifs is 1. The third kappa shape index (κ3) is 3.58. The summed E-state index contributed by atoms with van der Waals surface area (Å²) in [5, 5.41) is 12.6. The van der Waals surface area contributed by atoms with Gasteiger partial charge in [-0.3, -0.25) is 9.78 Å². The normalized spacial score (nSPS) is 11.7. The molecule has 0 saturated carbocycles. The summed E-state index contributed by atoms with van der Waals surface area (Å²) in [6.45, 7) is 0. The van der Waals surface area contributed by atoms with Crippen LogP contribution in [0, 0.1) is 5.82 Å². The van der Waals surface area contributed by atoms with E-state index in [9.17, 15) is 27.2 Å². The lowest BCUT2D eigenvalue weighted by Gasteiger charge is -2.13. The van der Waals surface area contributed by atoms with Crippen LogP contribution in [0.5, 0.6) is 0 Å². The van der Waals surface area contributed by atoms with Crippen LogP contribution < -0.4 is 0 Å². The number of aromatic nitrogens is 3. The minimum absolute atomic E-state index is 0.0160. The van der Waals surface area contributed by atoms with E-state index in [0.717, 1.165) is 30.3 Å². The van der Waals surface area contributed by atoms with Crippen molar-refractivity contribution in [1.29, 1.82) is 0 Å². The van der Waals surface area contributed by atoms with Crippen LogP contribution in [-0.4, -0.2) is 31.7 Å². The Morgan fingerprint density at radius 3 is 2.47 bits per heavy atom. The smallest absolute Gasteiger partial charge is 0.417 e. The molecule has 32 heavy (non-hydrogen) atoms. The fraction of sp³-hybridized carbons (Fsp3) is 0.0476. The predicted molar refractivity (Wildman–Crippen MR) is 106 cm³/mol. The number of benzene rings is 2. The van der Waals surface area contributed by atoms with Gasteiger partial charge in [0.15, 0.2) is 0 Å². The van der Waals surface area contributed by atoms with Gasteiger partial charge in [-0.2, -0.15) is 23.0 Å². The molecular weight excluding hydrogens is 454 g/mol. The number of hydrogen-bond acceptors (Lipinski definition) is 4. The summed E-state index contributed by atoms with van der Waals surface area (Å²) in [5.74, 6) is -3.49. The Kier molecular flexibility index (Phi) is 5.17. The molecule has 2 aromatic carbocycles. The fourth-order valence-electron chi connectivity index (χ4n) is 3.21. The summed E-state index contributed by atoms with van der Waals surface area (Å²) in [6.07, 6.45) is -3.53. The number of aromatic carboxylic acids is 1. The quantitative estimate of drug-likeness (QED) is 0.417. The summed E-state index contributed by atoms with van der Waals surface area (Å²) in [6, 6.07) is 8.77. The van der Waals surface area contributed by atoms with Crippen LogP contribution in [-0.2, 0) is 6.18 Å². The van der Waals surface area contributed by atoms with Gasteiger partial charge in [-0.1, -0.05) is 17.7 Å². The zero-order valence-electron chi connectivity index (χ0n) is 15.7. The Bertz CT molecular complexity index is 1400. The SMILES string of the molecule is O=C(O)c1ccc(-c2nn(C(=O)c3c(Cl)cccc3C(F)(F)F)c3cccnc23)c(F)c1. The lowest BCUT2D eigenvalue weighted by atomic mass is 10.1. The Labute approximate surface area is 181 Å². The zero-order chi connectivity index (χ0) is 23.2. The van der Waals surface area contributed by atoms with Gasteiger partial charge >= 0.3 is 12.1 Å². The van der Waals surface area contributed by atoms with Gasteiger partial charge in [0.25, 0.3) is 5.91 Å². The second kappa shape index (κ2) is 7.72. The van der Waals surface area contributed by atoms with Crippen molar-refractivity contribution in [3.8, 4) is 11.3 Å². The minimum atomic E-state index is -4.86. The van der Waals surface area contributed by atoms with Crippen molar-refractivity contribution in [2.75, 3.05) is 0 Å². The number of halogens is 5. The van der Waals surface area contributed by atoms with E-state index in [-0.39, 0.29) is 27.9 Å². The molecule has 162 valence electrons. The van der Waals surface area contributed by atoms with Gasteiger partial charge in [0.1, 0.15) is 17.0 Å². The van der Waals surface area contributed by atoms with Gasteiger partial charge in [-0.25, -0.2) is 9.18 Å². The topological polar surface area (TPSA) is 85.1 Å². The molecule has 2 heterocycles. The maximum Gasteiger partial charge on any atom is 0.417 e. The number of carboxylic acid groups (broad SMARTS) is 1. The van der Waals surface area contributed by atoms with E-state index in [0.29, 0.717) is 10.7 Å². The number of carboxylic acids is 1. The summed E-state index contributed by atoms with van der Waals surface area (Å²) in [4.78, 5) is 28.3. The highest BCUT2D eigenvalue weighted by Gasteiger charge is 2.37. The maximum atomic E-state index is 14.6. The summed E-state index contributed by atoms with van der Waals surface area (Å²) in [7, 11) is 0. The van der Waals surface area contributed by atoms with Crippen molar-refractivity contribution in [3.63, 3.8) is 0 Å². The molecule has 0 radical (unpaired) electrons. The molecule has 0 spiro atoms. The average molecular weight is 464 g/mol. The van der Waals surface area contributed by atoms with Crippen molar-refractivity contribution in [3.05, 3.63) is 82.3 Å². The van der Waals surface area contributed by atoms with Crippen molar-refractivity contribution in [2.45, 2.75) is 6.18 Å². The molecule has 11 heteroatoms. The Hall–Kier alpha value is -3.79. The molecule has 4 aromatic rings. The highest BCUT2D eigenvalue weighted by atomic mass is 35.5. The van der Waals surface area contributed by atoms with Gasteiger partial charge in [0.05, 0.1) is 27.2 Å². The second-order valence-electron chi connectivity index (χ2n) is 6.60. The molecular formula is C21H10ClF4N3O3. The first kappa shape index (κ1) is 21.4. The Morgan fingerprint density at radius 2 is 1.81 bits per heavy atom. The standard InChI is InChI=1S/C21H10ClF4N3O3/c22-13-4-1-3-12(21(24,25)26)16(13)19(30)29-15-5-2-8-27-18(15)17(28-29)11-7-6-10(20(31)32)9-14(11)23/h1-9H,(H,31,32). The van der Waals surface area contributed by atoms with Crippen LogP contribution in [0.3, 0.4) is 0 Å². The summed E-state index contributed by atoms with van der Waals surface area (Å²) >= 11 is 5.93. The monoisotopic (exact) mass is 463 g/mol. The third-order valence-electron chi connectivity index (χ3n) is 4.64. The molecule has 4 rings (SSSR count). The molecule has 1 N–H and O–H groups in total. The fourth-order valence-corrected chi connectivity index (χ4v) is 3.47. The van der Waals surface area contributed by atoms with Crippen molar-refractivity contribution >= 4 is 34.5 Å². The third-order valence-corrected chi connectivity index (χ3v) is 4.95. The Morgan fingerprint density at radius 1 is 1.06 bits per heavy atom. The molecule has 0 amide bonds. The zero-order valence-corrected chi connectivity index (χ0v) is 16.4. The van der Waals surface area contributed by atoms with E-state index in [2.05, 4.69) is 10.1 Å². The number of pyridine rings is 1. The van der Waals surface area contributed by atoms with Crippen LogP contribution in [0.4, 0.5) is 17.6 Å². The van der Waals surface area contributed by atoms with Gasteiger partial charge in [0, 0.05) is 11.8 Å². The molecule has 0 saturated heterocycles. The highest BCUT2D eigenvalue weighted by Crippen LogP contribution is 2.36. The first-order chi connectivity index (χ1) is 15.1. The molecule has 6 nitrogen and oxygen atoms in total. The highest BCUT2D eigenvalue weighted by molar-refractivity contribution is 6.34. The van der Waals surface area contributed by atoms with Gasteiger partial charge < -0.3 is 5.11 Å². The second-order valence-corrected chi connectivity index (χ2v) is 7.00. The van der Waals surface area contributed by atoms with Crippen molar-refractivity contribution in [1.82, 2.24) is 14.8 Å². The van der Waals surface area contributed by atoms with Crippen LogP contribution in [0.2, 0.25) is 5.02 Å². The number of carbonyl (C=O) groups is 2. The van der Waals surface area contributed by atoms with E-state index in [4.69, 9.17) is 16.7 Å². The lowest BCUT2D eigenvalue weighted by Crippen LogP contribution is -2.20. The van der Waals surface area contributed by atoms with Crippen LogP contribution in [0.15, 0.2) is 54.7 Å². The molecule has 0 aliphatic carbocycles. The molecule has 0 aliphatic heterocycles. The van der Waals surface area contributed by atoms with Gasteiger partial charge in [0.2, 0.25) is 0 Å². The first-order valence-corrected chi connectivity index (χ1v) is 9.24. The van der Waals surface area contributed by atoms with Crippen LogP contribution in [0.25, 0.3) is 22.3 Å². The molecule has 2 aromatic heterocycles. The van der Waals surface area contributed by atoms with Crippen molar-refractivity contribution in [2.24, 2.45) is 0 Å². The number of carbonyl (C=O) groups excluding carboxylic acids is 1. The number of hydrogen-bond donors (Lipinski definition) is 1. The van der Waals surface area contributed by atoms with E-state index >= 15 is 0 Å². The van der Waals surface area contributed by atoms with E-state index in [1.54, 1.807) is 0 Å². The van der Waals surface area contributed by atoms with Gasteiger partial charge in [-0.05, 0) is 42.5 Å². The van der Waals surface area contributed by atoms with E-state index < -0.39 is 40.0 Å². The average Bonchev–Trinajstić information content (AvgIpc) is 3.12. The number of rotatable bonds is 3. The predicted octanol–water partition coefficient (Wildman–Crippen LogP) is 5.30. The summed E-state index contributed by atoms with van der Waals surface area (Å²) < 4.78 is 55.8. The number of nitrogens with zero attached hydrogens (tertiary/aromatic N) is 3. The van der Waals surface area contributed by atoms with E-state index in [1.165, 1.54) is 18.3 Å². The molecule has 0 atom stereocenters. The Balaban J connectivity index is 1.95. The molecule has 0 bridgehead atoms. The molecule has 0 fully saturated rings. The molecule has 0 unspecified atom stereocenters. The van der Waals surface area contributed by atoms with E-state index in [1.807, 2.05) is 0 Å². The lowest BCUT2D eigenvalue weighted by molar-refractivity contribution is -0.137. The van der Waals surface area contributed by atoms with Crippen LogP contribution in [0.1, 0.15) is 26.3 Å². The number of alkyl halides is 3. The minimum Gasteiger partial charge on any atom is -0.478 e. The largest absolute Gasteiger partial charge is 0.478 e. The summed E-state index contributed by atoms with van der Waals surface area (Å²) in [5.41, 5.74) is -2.66. The van der Waals surface area contributed by atoms with Gasteiger partial charge in [-0.15, -0.1) is 0 Å². The van der Waals surface area contributed by atoms with Crippen molar-refractivity contribution < 1.29 is 32.3 Å². The maximum absolute atomic E-state index is 14.6. The molecule has 0 aliphatic rings. The van der Waals surface area contributed by atoms with Crippen LogP contribution >= 0.6 is 11.6 Å². The first-order valence-electron chi connectivity index (χ1n) is 8.87.